The number of hydrogen-bond donors (Lipinski definition) is 3. The fourth-order valence-corrected chi connectivity index (χ4v) is 5.07. The van der Waals surface area contributed by atoms with Gasteiger partial charge >= 0.3 is 0 Å². The molecule has 0 saturated heterocycles. The maximum atomic E-state index is 6.70. The Bertz CT molecular complexity index is 1090. The lowest BCUT2D eigenvalue weighted by molar-refractivity contribution is 0.417. The number of aromatic nitrogens is 3. The van der Waals surface area contributed by atoms with Crippen LogP contribution >= 0.6 is 11.3 Å². The van der Waals surface area contributed by atoms with Crippen LogP contribution in [0.15, 0.2) is 42.6 Å². The molecule has 1 unspecified atom stereocenters. The number of pyridine rings is 1. The quantitative estimate of drug-likeness (QED) is 0.555. The minimum atomic E-state index is -0.897. The largest absolute Gasteiger partial charge is 0.495 e. The lowest BCUT2D eigenvalue weighted by Gasteiger charge is -2.30. The van der Waals surface area contributed by atoms with Gasteiger partial charge in [0.25, 0.3) is 0 Å². The molecule has 30 heavy (non-hydrogen) atoms. The van der Waals surface area contributed by atoms with Gasteiger partial charge in [0.05, 0.1) is 36.1 Å². The van der Waals surface area contributed by atoms with Crippen LogP contribution in [0.2, 0.25) is 0 Å². The highest BCUT2D eigenvalue weighted by Gasteiger charge is 2.33. The number of para-hydroxylation sites is 2. The number of ether oxygens (including phenoxy) is 1. The van der Waals surface area contributed by atoms with Crippen molar-refractivity contribution in [2.75, 3.05) is 17.7 Å². The number of rotatable bonds is 5. The molecule has 0 bridgehead atoms. The zero-order chi connectivity index (χ0) is 20.6. The van der Waals surface area contributed by atoms with E-state index >= 15 is 0 Å². The molecule has 7 nitrogen and oxygen atoms in total. The van der Waals surface area contributed by atoms with Crippen LogP contribution < -0.4 is 21.1 Å². The van der Waals surface area contributed by atoms with E-state index in [1.807, 2.05) is 42.5 Å². The first kappa shape index (κ1) is 19.0. The molecule has 8 heteroatoms. The smallest absolute Gasteiger partial charge is 0.161 e. The second-order valence-electron chi connectivity index (χ2n) is 7.74. The first-order chi connectivity index (χ1) is 14.6. The topological polar surface area (TPSA) is 98.0 Å². The van der Waals surface area contributed by atoms with Crippen LogP contribution in [0.25, 0.3) is 6.08 Å². The van der Waals surface area contributed by atoms with Gasteiger partial charge in [-0.25, -0.2) is 0 Å². The lowest BCUT2D eigenvalue weighted by Crippen LogP contribution is -2.44. The number of methoxy groups -OCH3 is 1. The third kappa shape index (κ3) is 3.53. The van der Waals surface area contributed by atoms with E-state index in [0.29, 0.717) is 5.92 Å². The van der Waals surface area contributed by atoms with Gasteiger partial charge in [0.2, 0.25) is 0 Å². The van der Waals surface area contributed by atoms with E-state index in [-0.39, 0.29) is 0 Å². The molecular formula is C22H24N6OS. The van der Waals surface area contributed by atoms with E-state index in [4.69, 9.17) is 10.5 Å². The zero-order valence-electron chi connectivity index (χ0n) is 16.8. The molecule has 4 N–H and O–H groups in total. The summed E-state index contributed by atoms with van der Waals surface area (Å²) in [7, 11) is 1.66. The Balaban J connectivity index is 1.40. The van der Waals surface area contributed by atoms with Crippen LogP contribution in [0.3, 0.4) is 0 Å². The number of anilines is 3. The van der Waals surface area contributed by atoms with Crippen molar-refractivity contribution < 1.29 is 4.74 Å². The Hall–Kier alpha value is -2.97. The van der Waals surface area contributed by atoms with Crippen molar-refractivity contribution in [1.29, 1.82) is 0 Å². The average Bonchev–Trinajstić information content (AvgIpc) is 3.46. The van der Waals surface area contributed by atoms with Crippen LogP contribution in [-0.2, 0) is 5.66 Å². The van der Waals surface area contributed by atoms with Crippen molar-refractivity contribution in [3.05, 3.63) is 58.3 Å². The minimum Gasteiger partial charge on any atom is -0.495 e. The lowest BCUT2D eigenvalue weighted by atomic mass is 10.1. The molecule has 1 aromatic carbocycles. The van der Waals surface area contributed by atoms with Crippen LogP contribution in [0.1, 0.15) is 47.3 Å². The summed E-state index contributed by atoms with van der Waals surface area (Å²) in [5, 5.41) is 17.5. The number of fused-ring (bicyclic) bond motifs is 1. The van der Waals surface area contributed by atoms with E-state index in [0.717, 1.165) is 38.5 Å². The molecule has 0 radical (unpaired) electrons. The van der Waals surface area contributed by atoms with E-state index in [1.54, 1.807) is 24.6 Å². The number of benzene rings is 1. The van der Waals surface area contributed by atoms with E-state index in [9.17, 15) is 0 Å². The Kier molecular flexibility index (Phi) is 4.88. The Morgan fingerprint density at radius 1 is 1.23 bits per heavy atom. The van der Waals surface area contributed by atoms with E-state index in [2.05, 4.69) is 25.8 Å². The van der Waals surface area contributed by atoms with Gasteiger partial charge in [0.15, 0.2) is 10.7 Å². The Morgan fingerprint density at radius 3 is 2.90 bits per heavy atom. The number of nitrogens with zero attached hydrogens (tertiary/aromatic N) is 3. The molecule has 2 aromatic heterocycles. The van der Waals surface area contributed by atoms with Crippen LogP contribution in [0.4, 0.5) is 17.1 Å². The van der Waals surface area contributed by atoms with Gasteiger partial charge in [0, 0.05) is 5.92 Å². The molecular weight excluding hydrogens is 396 g/mol. The normalized spacial score (nSPS) is 20.6. The number of nitrogens with two attached hydrogens (primary N) is 1. The monoisotopic (exact) mass is 420 g/mol. The van der Waals surface area contributed by atoms with Crippen molar-refractivity contribution in [1.82, 2.24) is 15.2 Å². The van der Waals surface area contributed by atoms with Crippen molar-refractivity contribution in [3.63, 3.8) is 0 Å². The summed E-state index contributed by atoms with van der Waals surface area (Å²) >= 11 is 1.61. The van der Waals surface area contributed by atoms with Gasteiger partial charge in [-0.05, 0) is 43.2 Å². The second-order valence-corrected chi connectivity index (χ2v) is 8.75. The fraction of sp³-hybridized carbons (Fsp3) is 0.318. The first-order valence-corrected chi connectivity index (χ1v) is 11.0. The molecule has 3 aromatic rings. The van der Waals surface area contributed by atoms with Crippen molar-refractivity contribution in [2.45, 2.75) is 37.3 Å². The van der Waals surface area contributed by atoms with Gasteiger partial charge in [0.1, 0.15) is 10.8 Å². The molecule has 1 aliphatic heterocycles. The average molecular weight is 421 g/mol. The summed E-state index contributed by atoms with van der Waals surface area (Å²) < 4.78 is 5.42. The molecule has 1 fully saturated rings. The summed E-state index contributed by atoms with van der Waals surface area (Å²) in [6.45, 7) is 0. The highest BCUT2D eigenvalue weighted by Crippen LogP contribution is 2.39. The van der Waals surface area contributed by atoms with Gasteiger partial charge in [-0.3, -0.25) is 10.7 Å². The standard InChI is InChI=1S/C22H24N6OS/c1-29-19-9-5-4-8-17(19)25-15-12-18-16(24-13-15)10-11-22(23,26-18)21-28-27-20(30-21)14-6-2-3-7-14/h4-5,8-14,25-26H,2-3,6-7,23H2,1H3. The van der Waals surface area contributed by atoms with Crippen molar-refractivity contribution in [3.8, 4) is 5.75 Å². The third-order valence-corrected chi connectivity index (χ3v) is 6.89. The Morgan fingerprint density at radius 2 is 2.07 bits per heavy atom. The van der Waals surface area contributed by atoms with E-state index in [1.165, 1.54) is 25.7 Å². The van der Waals surface area contributed by atoms with Gasteiger partial charge in [-0.2, -0.15) is 0 Å². The molecule has 154 valence electrons. The fourth-order valence-electron chi connectivity index (χ4n) is 4.02. The molecule has 3 heterocycles. The molecule has 1 saturated carbocycles. The zero-order valence-corrected chi connectivity index (χ0v) is 17.6. The van der Waals surface area contributed by atoms with E-state index < -0.39 is 5.66 Å². The van der Waals surface area contributed by atoms with Gasteiger partial charge in [-0.15, -0.1) is 10.2 Å². The maximum Gasteiger partial charge on any atom is 0.161 e. The SMILES string of the molecule is COc1ccccc1Nc1cnc2c(c1)NC(N)(c1nnc(C3CCCC3)s1)C=C2. The predicted octanol–water partition coefficient (Wildman–Crippen LogP) is 4.59. The molecule has 1 atom stereocenters. The molecule has 5 rings (SSSR count). The first-order valence-electron chi connectivity index (χ1n) is 10.1. The summed E-state index contributed by atoms with van der Waals surface area (Å²) in [5.41, 5.74) is 9.19. The molecule has 0 amide bonds. The molecule has 1 aliphatic carbocycles. The molecule has 0 spiro atoms. The van der Waals surface area contributed by atoms with Gasteiger partial charge in [-0.1, -0.05) is 36.3 Å². The predicted molar refractivity (Wildman–Crippen MR) is 120 cm³/mol. The summed E-state index contributed by atoms with van der Waals surface area (Å²) in [6, 6.07) is 9.77. The highest BCUT2D eigenvalue weighted by atomic mass is 32.1. The van der Waals surface area contributed by atoms with Crippen LogP contribution in [-0.4, -0.2) is 22.3 Å². The highest BCUT2D eigenvalue weighted by molar-refractivity contribution is 7.11. The molecule has 2 aliphatic rings. The number of hydrogen-bond acceptors (Lipinski definition) is 8. The summed E-state index contributed by atoms with van der Waals surface area (Å²) in [6.07, 6.45) is 10.6. The number of nitrogens with one attached hydrogen (secondary N) is 2. The second kappa shape index (κ2) is 7.70. The third-order valence-electron chi connectivity index (χ3n) is 5.65. The van der Waals surface area contributed by atoms with Gasteiger partial charge < -0.3 is 15.4 Å². The van der Waals surface area contributed by atoms with Crippen molar-refractivity contribution >= 4 is 34.5 Å². The van der Waals surface area contributed by atoms with Crippen LogP contribution in [0, 0.1) is 0 Å². The maximum absolute atomic E-state index is 6.70. The summed E-state index contributed by atoms with van der Waals surface area (Å²) in [5.74, 6) is 1.29. The van der Waals surface area contributed by atoms with Crippen molar-refractivity contribution in [2.24, 2.45) is 5.73 Å². The Labute approximate surface area is 179 Å². The van der Waals surface area contributed by atoms with Crippen LogP contribution in [0.5, 0.6) is 5.75 Å². The minimum absolute atomic E-state index is 0.526. The summed E-state index contributed by atoms with van der Waals surface area (Å²) in [4.78, 5) is 4.56.